The van der Waals surface area contributed by atoms with Crippen molar-refractivity contribution in [3.8, 4) is 0 Å². The van der Waals surface area contributed by atoms with Crippen LogP contribution in [0.2, 0.25) is 0 Å². The lowest BCUT2D eigenvalue weighted by atomic mass is 10.1. The van der Waals surface area contributed by atoms with Gasteiger partial charge < -0.3 is 0 Å². The van der Waals surface area contributed by atoms with Crippen LogP contribution in [0, 0.1) is 5.92 Å². The Labute approximate surface area is 84.1 Å². The molecule has 0 rings (SSSR count). The molecule has 6 nitrogen and oxygen atoms in total. The summed E-state index contributed by atoms with van der Waals surface area (Å²) in [7, 11) is -8.79. The number of hydrogen-bond donors (Lipinski definition) is 1. The topological polar surface area (TPSA) is 97.7 Å². The fraction of sp³-hybridized carbons (Fsp3) is 1.00. The lowest BCUT2D eigenvalue weighted by Crippen LogP contribution is -2.25. The van der Waals surface area contributed by atoms with Crippen molar-refractivity contribution in [2.24, 2.45) is 5.92 Å². The van der Waals surface area contributed by atoms with Crippen molar-refractivity contribution in [2.75, 3.05) is 5.08 Å². The maximum Gasteiger partial charge on any atom is 0.284 e. The van der Waals surface area contributed by atoms with Crippen molar-refractivity contribution in [3.05, 3.63) is 0 Å². The third kappa shape index (κ3) is 6.30. The quantitative estimate of drug-likeness (QED) is 0.550. The van der Waals surface area contributed by atoms with Crippen LogP contribution in [-0.4, -0.2) is 32.6 Å². The first-order chi connectivity index (χ1) is 6.03. The van der Waals surface area contributed by atoms with Crippen molar-refractivity contribution < 1.29 is 25.6 Å². The van der Waals surface area contributed by atoms with Gasteiger partial charge in [0, 0.05) is 0 Å². The molecule has 0 radical (unpaired) electrons. The molecular formula is C6H14O6S2. The van der Waals surface area contributed by atoms with Gasteiger partial charge in [0.05, 0.1) is 6.10 Å². The first kappa shape index (κ1) is 13.8. The maximum atomic E-state index is 11.0. The van der Waals surface area contributed by atoms with Gasteiger partial charge in [-0.15, -0.1) is 0 Å². The van der Waals surface area contributed by atoms with Gasteiger partial charge in [-0.05, 0) is 12.8 Å². The van der Waals surface area contributed by atoms with Gasteiger partial charge in [-0.2, -0.15) is 16.8 Å². The van der Waals surface area contributed by atoms with Gasteiger partial charge in [-0.1, -0.05) is 13.8 Å². The van der Waals surface area contributed by atoms with Crippen LogP contribution in [0.1, 0.15) is 20.8 Å². The van der Waals surface area contributed by atoms with Gasteiger partial charge in [0.15, 0.2) is 0 Å². The molecule has 0 aromatic heterocycles. The molecule has 0 aromatic carbocycles. The highest BCUT2D eigenvalue weighted by atomic mass is 32.3. The second-order valence-electron chi connectivity index (χ2n) is 3.30. The summed E-state index contributed by atoms with van der Waals surface area (Å²) < 4.78 is 55.4. The lowest BCUT2D eigenvalue weighted by molar-refractivity contribution is 0.179. The molecule has 0 aromatic rings. The lowest BCUT2D eigenvalue weighted by Gasteiger charge is -2.15. The van der Waals surface area contributed by atoms with E-state index < -0.39 is 31.4 Å². The van der Waals surface area contributed by atoms with E-state index in [0.717, 1.165) is 0 Å². The highest BCUT2D eigenvalue weighted by Crippen LogP contribution is 2.10. The molecule has 0 fully saturated rings. The van der Waals surface area contributed by atoms with Gasteiger partial charge in [0.1, 0.15) is 0 Å². The summed E-state index contributed by atoms with van der Waals surface area (Å²) in [5.74, 6) is -0.0637. The zero-order chi connectivity index (χ0) is 11.6. The largest absolute Gasteiger partial charge is 0.285 e. The van der Waals surface area contributed by atoms with Gasteiger partial charge >= 0.3 is 0 Å². The summed E-state index contributed by atoms with van der Waals surface area (Å²) in [6.45, 7) is 4.97. The zero-order valence-corrected chi connectivity index (χ0v) is 9.80. The monoisotopic (exact) mass is 246 g/mol. The van der Waals surface area contributed by atoms with Crippen LogP contribution in [0.25, 0.3) is 0 Å². The molecule has 0 bridgehead atoms. The van der Waals surface area contributed by atoms with E-state index in [2.05, 4.69) is 4.18 Å². The summed E-state index contributed by atoms with van der Waals surface area (Å²) in [6, 6.07) is 0. The minimum absolute atomic E-state index is 0.0637. The van der Waals surface area contributed by atoms with E-state index in [1.54, 1.807) is 13.8 Å². The number of rotatable bonds is 5. The summed E-state index contributed by atoms with van der Waals surface area (Å²) in [5.41, 5.74) is 0. The molecule has 1 unspecified atom stereocenters. The molecule has 1 atom stereocenters. The summed E-state index contributed by atoms with van der Waals surface area (Å²) in [5, 5.41) is -1.41. The Morgan fingerprint density at radius 1 is 1.14 bits per heavy atom. The van der Waals surface area contributed by atoms with Crippen molar-refractivity contribution in [1.82, 2.24) is 0 Å². The Balaban J connectivity index is 4.53. The highest BCUT2D eigenvalue weighted by molar-refractivity contribution is 8.03. The molecule has 0 heterocycles. The Morgan fingerprint density at radius 2 is 1.57 bits per heavy atom. The van der Waals surface area contributed by atoms with Crippen molar-refractivity contribution >= 4 is 20.2 Å². The fourth-order valence-electron chi connectivity index (χ4n) is 0.553. The molecule has 0 aliphatic heterocycles. The van der Waals surface area contributed by atoms with E-state index in [-0.39, 0.29) is 5.92 Å². The molecule has 8 heteroatoms. The molecular weight excluding hydrogens is 232 g/mol. The first-order valence-corrected chi connectivity index (χ1v) is 7.08. The molecule has 0 amide bonds. The molecule has 0 aliphatic carbocycles. The molecule has 0 spiro atoms. The van der Waals surface area contributed by atoms with Crippen LogP contribution in [0.5, 0.6) is 0 Å². The summed E-state index contributed by atoms with van der Waals surface area (Å²) >= 11 is 0. The van der Waals surface area contributed by atoms with E-state index in [0.29, 0.717) is 0 Å². The standard InChI is InChI=1S/C6H14O6S2/c1-5(2)6(3)12-14(10,11)4-13(7,8)9/h5-6H,4H2,1-3H3,(H,7,8,9). The Hall–Kier alpha value is -0.180. The minimum atomic E-state index is -4.57. The molecule has 0 saturated carbocycles. The van der Waals surface area contributed by atoms with Gasteiger partial charge in [0.2, 0.25) is 5.08 Å². The maximum absolute atomic E-state index is 11.0. The summed E-state index contributed by atoms with van der Waals surface area (Å²) in [4.78, 5) is 0. The van der Waals surface area contributed by atoms with Gasteiger partial charge in [-0.3, -0.25) is 8.74 Å². The zero-order valence-electron chi connectivity index (χ0n) is 8.17. The Morgan fingerprint density at radius 3 is 1.86 bits per heavy atom. The predicted octanol–water partition coefficient (Wildman–Crippen LogP) is 0.223. The Kier molecular flexibility index (Phi) is 4.50. The second-order valence-corrected chi connectivity index (χ2v) is 6.72. The van der Waals surface area contributed by atoms with Crippen LogP contribution in [0.3, 0.4) is 0 Å². The average molecular weight is 246 g/mol. The molecule has 0 saturated heterocycles. The van der Waals surface area contributed by atoms with E-state index in [9.17, 15) is 16.8 Å². The van der Waals surface area contributed by atoms with Crippen molar-refractivity contribution in [3.63, 3.8) is 0 Å². The molecule has 0 aliphatic rings. The van der Waals surface area contributed by atoms with Crippen LogP contribution in [-0.2, 0) is 24.4 Å². The van der Waals surface area contributed by atoms with Crippen LogP contribution in [0.4, 0.5) is 0 Å². The van der Waals surface area contributed by atoms with Crippen molar-refractivity contribution in [2.45, 2.75) is 26.9 Å². The average Bonchev–Trinajstić information content (AvgIpc) is 1.78. The van der Waals surface area contributed by atoms with Crippen molar-refractivity contribution in [1.29, 1.82) is 0 Å². The number of hydrogen-bond acceptors (Lipinski definition) is 5. The van der Waals surface area contributed by atoms with Crippen LogP contribution in [0.15, 0.2) is 0 Å². The molecule has 14 heavy (non-hydrogen) atoms. The van der Waals surface area contributed by atoms with Gasteiger partial charge in [0.25, 0.3) is 20.2 Å². The Bertz CT molecular complexity index is 365. The smallest absolute Gasteiger partial charge is 0.284 e. The second kappa shape index (κ2) is 4.56. The molecule has 1 N–H and O–H groups in total. The fourth-order valence-corrected chi connectivity index (χ4v) is 2.92. The third-order valence-electron chi connectivity index (χ3n) is 1.53. The summed E-state index contributed by atoms with van der Waals surface area (Å²) in [6.07, 6.45) is -0.623. The minimum Gasteiger partial charge on any atom is -0.285 e. The van der Waals surface area contributed by atoms with E-state index in [1.807, 2.05) is 0 Å². The van der Waals surface area contributed by atoms with Gasteiger partial charge in [-0.25, -0.2) is 0 Å². The van der Waals surface area contributed by atoms with E-state index in [1.165, 1.54) is 6.92 Å². The normalized spacial score (nSPS) is 15.8. The highest BCUT2D eigenvalue weighted by Gasteiger charge is 2.24. The van der Waals surface area contributed by atoms with Crippen LogP contribution < -0.4 is 0 Å². The predicted molar refractivity (Wildman–Crippen MR) is 50.7 cm³/mol. The first-order valence-electron chi connectivity index (χ1n) is 3.89. The third-order valence-corrected chi connectivity index (χ3v) is 4.47. The van der Waals surface area contributed by atoms with Crippen LogP contribution >= 0.6 is 0 Å². The van der Waals surface area contributed by atoms with E-state index in [4.69, 9.17) is 4.55 Å². The molecule has 86 valence electrons. The van der Waals surface area contributed by atoms with E-state index >= 15 is 0 Å². The SMILES string of the molecule is CC(C)C(C)OS(=O)(=O)CS(=O)(=O)O.